The van der Waals surface area contributed by atoms with E-state index in [1.54, 1.807) is 6.07 Å². The summed E-state index contributed by atoms with van der Waals surface area (Å²) in [7, 11) is 0. The predicted molar refractivity (Wildman–Crippen MR) is 68.3 cm³/mol. The molecule has 2 rings (SSSR count). The van der Waals surface area contributed by atoms with Crippen molar-refractivity contribution in [1.29, 1.82) is 0 Å². The standard InChI is InChI=1S/C12H14BrClFN/c1-12(5-4-7(16)6-12)8-2-3-9(13)10(14)11(8)15/h2-3,7H,4-6,16H2,1H3. The van der Waals surface area contributed by atoms with Crippen molar-refractivity contribution in [2.24, 2.45) is 5.73 Å². The second-order valence-corrected chi connectivity index (χ2v) is 6.02. The Morgan fingerprint density at radius 1 is 1.56 bits per heavy atom. The third-order valence-corrected chi connectivity index (χ3v) is 4.72. The summed E-state index contributed by atoms with van der Waals surface area (Å²) in [4.78, 5) is 0. The predicted octanol–water partition coefficient (Wildman–Crippen LogP) is 4.01. The van der Waals surface area contributed by atoms with Crippen LogP contribution in [0.5, 0.6) is 0 Å². The second kappa shape index (κ2) is 4.28. The van der Waals surface area contributed by atoms with Crippen LogP contribution in [0, 0.1) is 5.82 Å². The van der Waals surface area contributed by atoms with E-state index in [9.17, 15) is 4.39 Å². The molecule has 1 fully saturated rings. The van der Waals surface area contributed by atoms with Crippen LogP contribution in [0.2, 0.25) is 5.02 Å². The van der Waals surface area contributed by atoms with Crippen LogP contribution in [-0.4, -0.2) is 6.04 Å². The average molecular weight is 307 g/mol. The van der Waals surface area contributed by atoms with Gasteiger partial charge in [-0.1, -0.05) is 24.6 Å². The highest BCUT2D eigenvalue weighted by Gasteiger charge is 2.37. The van der Waals surface area contributed by atoms with E-state index in [0.717, 1.165) is 19.3 Å². The van der Waals surface area contributed by atoms with Crippen molar-refractivity contribution in [3.63, 3.8) is 0 Å². The average Bonchev–Trinajstić information content (AvgIpc) is 2.56. The summed E-state index contributed by atoms with van der Waals surface area (Å²) in [5, 5.41) is 0.166. The van der Waals surface area contributed by atoms with Crippen LogP contribution in [0.3, 0.4) is 0 Å². The molecule has 88 valence electrons. The Bertz CT molecular complexity index is 424. The molecule has 1 aliphatic rings. The quantitative estimate of drug-likeness (QED) is 0.780. The molecule has 16 heavy (non-hydrogen) atoms. The van der Waals surface area contributed by atoms with Crippen molar-refractivity contribution < 1.29 is 4.39 Å². The fourth-order valence-electron chi connectivity index (χ4n) is 2.52. The van der Waals surface area contributed by atoms with Gasteiger partial charge in [-0.2, -0.15) is 0 Å². The normalized spacial score (nSPS) is 29.7. The first-order valence-electron chi connectivity index (χ1n) is 5.33. The first-order valence-corrected chi connectivity index (χ1v) is 6.51. The molecule has 4 heteroatoms. The topological polar surface area (TPSA) is 26.0 Å². The maximum atomic E-state index is 14.1. The molecule has 0 aromatic heterocycles. The Balaban J connectivity index is 2.45. The number of nitrogens with two attached hydrogens (primary N) is 1. The lowest BCUT2D eigenvalue weighted by Gasteiger charge is -2.25. The van der Waals surface area contributed by atoms with Gasteiger partial charge in [0.05, 0.1) is 5.02 Å². The Morgan fingerprint density at radius 2 is 2.25 bits per heavy atom. The minimum atomic E-state index is -0.312. The smallest absolute Gasteiger partial charge is 0.146 e. The molecule has 0 amide bonds. The number of hydrogen-bond acceptors (Lipinski definition) is 1. The number of benzene rings is 1. The highest BCUT2D eigenvalue weighted by Crippen LogP contribution is 2.43. The number of halogens is 3. The zero-order valence-electron chi connectivity index (χ0n) is 9.06. The van der Waals surface area contributed by atoms with Crippen LogP contribution < -0.4 is 5.73 Å². The highest BCUT2D eigenvalue weighted by atomic mass is 79.9. The van der Waals surface area contributed by atoms with Gasteiger partial charge in [-0.3, -0.25) is 0 Å². The van der Waals surface area contributed by atoms with Crippen LogP contribution in [0.25, 0.3) is 0 Å². The van der Waals surface area contributed by atoms with E-state index in [-0.39, 0.29) is 22.3 Å². The Labute approximate surface area is 108 Å². The van der Waals surface area contributed by atoms with Crippen molar-refractivity contribution in [2.75, 3.05) is 0 Å². The third-order valence-electron chi connectivity index (χ3n) is 3.47. The van der Waals surface area contributed by atoms with Crippen LogP contribution in [-0.2, 0) is 5.41 Å². The molecular weight excluding hydrogens is 292 g/mol. The van der Waals surface area contributed by atoms with E-state index in [2.05, 4.69) is 22.9 Å². The van der Waals surface area contributed by atoms with Gasteiger partial charge in [-0.25, -0.2) is 4.39 Å². The second-order valence-electron chi connectivity index (χ2n) is 4.79. The van der Waals surface area contributed by atoms with Gasteiger partial charge in [0.1, 0.15) is 5.82 Å². The summed E-state index contributed by atoms with van der Waals surface area (Å²) in [6, 6.07) is 3.78. The molecule has 2 N–H and O–H groups in total. The van der Waals surface area contributed by atoms with Crippen molar-refractivity contribution in [2.45, 2.75) is 37.6 Å². The van der Waals surface area contributed by atoms with Gasteiger partial charge in [0.25, 0.3) is 0 Å². The Morgan fingerprint density at radius 3 is 2.81 bits per heavy atom. The van der Waals surface area contributed by atoms with Gasteiger partial charge >= 0.3 is 0 Å². The zero-order valence-corrected chi connectivity index (χ0v) is 11.4. The molecule has 1 aromatic carbocycles. The molecule has 1 aromatic rings. The molecule has 0 saturated heterocycles. The first kappa shape index (κ1) is 12.3. The maximum Gasteiger partial charge on any atom is 0.146 e. The van der Waals surface area contributed by atoms with Crippen molar-refractivity contribution in [1.82, 2.24) is 0 Å². The lowest BCUT2D eigenvalue weighted by Crippen LogP contribution is -2.23. The Hall–Kier alpha value is -0.120. The van der Waals surface area contributed by atoms with Crippen LogP contribution in [0.4, 0.5) is 4.39 Å². The fourth-order valence-corrected chi connectivity index (χ4v) is 2.99. The first-order chi connectivity index (χ1) is 7.44. The van der Waals surface area contributed by atoms with E-state index in [1.807, 2.05) is 6.07 Å². The highest BCUT2D eigenvalue weighted by molar-refractivity contribution is 9.10. The monoisotopic (exact) mass is 305 g/mol. The molecule has 1 saturated carbocycles. The van der Waals surface area contributed by atoms with Gasteiger partial charge in [0.15, 0.2) is 0 Å². The summed E-state index contributed by atoms with van der Waals surface area (Å²) in [6.07, 6.45) is 2.69. The SMILES string of the molecule is CC1(c2ccc(Br)c(Cl)c2F)CCC(N)C1. The minimum Gasteiger partial charge on any atom is -0.328 e. The molecule has 2 unspecified atom stereocenters. The molecule has 1 aliphatic carbocycles. The number of rotatable bonds is 1. The summed E-state index contributed by atoms with van der Waals surface area (Å²) in [5.74, 6) is -0.312. The van der Waals surface area contributed by atoms with Crippen molar-refractivity contribution in [3.8, 4) is 0 Å². The van der Waals surface area contributed by atoms with E-state index < -0.39 is 0 Å². The van der Waals surface area contributed by atoms with Crippen LogP contribution in [0.15, 0.2) is 16.6 Å². The Kier molecular flexibility index (Phi) is 3.30. The summed E-state index contributed by atoms with van der Waals surface area (Å²) in [5.41, 5.74) is 6.42. The molecule has 0 heterocycles. The third kappa shape index (κ3) is 2.01. The van der Waals surface area contributed by atoms with Crippen LogP contribution in [0.1, 0.15) is 31.7 Å². The minimum absolute atomic E-state index is 0.166. The molecular formula is C12H14BrClFN. The lowest BCUT2D eigenvalue weighted by molar-refractivity contribution is 0.450. The summed E-state index contributed by atoms with van der Waals surface area (Å²) < 4.78 is 14.7. The van der Waals surface area contributed by atoms with E-state index in [4.69, 9.17) is 17.3 Å². The number of hydrogen-bond donors (Lipinski definition) is 1. The van der Waals surface area contributed by atoms with Crippen molar-refractivity contribution >= 4 is 27.5 Å². The van der Waals surface area contributed by atoms with Crippen LogP contribution >= 0.6 is 27.5 Å². The van der Waals surface area contributed by atoms with Gasteiger partial charge in [0.2, 0.25) is 0 Å². The van der Waals surface area contributed by atoms with Gasteiger partial charge in [0, 0.05) is 10.5 Å². The fraction of sp³-hybridized carbons (Fsp3) is 0.500. The zero-order chi connectivity index (χ0) is 11.9. The summed E-state index contributed by atoms with van der Waals surface area (Å²) in [6.45, 7) is 2.06. The van der Waals surface area contributed by atoms with E-state index >= 15 is 0 Å². The molecule has 0 aliphatic heterocycles. The molecule has 0 bridgehead atoms. The summed E-state index contributed by atoms with van der Waals surface area (Å²) >= 11 is 9.13. The van der Waals surface area contributed by atoms with Crippen molar-refractivity contribution in [3.05, 3.63) is 33.0 Å². The van der Waals surface area contributed by atoms with E-state index in [1.165, 1.54) is 0 Å². The maximum absolute atomic E-state index is 14.1. The lowest BCUT2D eigenvalue weighted by atomic mass is 9.80. The van der Waals surface area contributed by atoms with E-state index in [0.29, 0.717) is 10.0 Å². The largest absolute Gasteiger partial charge is 0.328 e. The van der Waals surface area contributed by atoms with Gasteiger partial charge in [-0.15, -0.1) is 0 Å². The van der Waals surface area contributed by atoms with Gasteiger partial charge < -0.3 is 5.73 Å². The molecule has 1 nitrogen and oxygen atoms in total. The van der Waals surface area contributed by atoms with Gasteiger partial charge in [-0.05, 0) is 52.2 Å². The molecule has 0 radical (unpaired) electrons. The molecule has 0 spiro atoms. The molecule has 2 atom stereocenters.